The first-order chi connectivity index (χ1) is 9.54. The molecular formula is C13H19F3N2O2S. The zero-order chi connectivity index (χ0) is 16.3. The Balaban J connectivity index is 2.94. The van der Waals surface area contributed by atoms with Crippen LogP contribution >= 0.6 is 0 Å². The van der Waals surface area contributed by atoms with E-state index >= 15 is 0 Å². The number of nitrogens with zero attached hydrogens (tertiary/aromatic N) is 1. The van der Waals surface area contributed by atoms with Gasteiger partial charge in [-0.2, -0.15) is 13.2 Å². The minimum absolute atomic E-state index is 0.0705. The lowest BCUT2D eigenvalue weighted by Gasteiger charge is -2.27. The molecule has 0 aromatic heterocycles. The normalized spacial score (nSPS) is 14.4. The zero-order valence-corrected chi connectivity index (χ0v) is 12.7. The number of hydrogen-bond donors (Lipinski definition) is 1. The van der Waals surface area contributed by atoms with Crippen LogP contribution in [0.25, 0.3) is 0 Å². The van der Waals surface area contributed by atoms with Crippen molar-refractivity contribution in [3.63, 3.8) is 0 Å². The van der Waals surface area contributed by atoms with Gasteiger partial charge < -0.3 is 5.73 Å². The standard InChI is InChI=1S/C13H19F3N2O2S/c1-18(6-7-21(2,19)20)12(9-17)10-4-3-5-11(8-10)13(14,15)16/h3-5,8,12H,6-7,9,17H2,1-2H3. The van der Waals surface area contributed by atoms with Gasteiger partial charge in [0.1, 0.15) is 9.84 Å². The summed E-state index contributed by atoms with van der Waals surface area (Å²) in [5.74, 6) is -0.0705. The van der Waals surface area contributed by atoms with E-state index in [0.29, 0.717) is 5.56 Å². The molecule has 0 aliphatic heterocycles. The second-order valence-corrected chi connectivity index (χ2v) is 7.24. The van der Waals surface area contributed by atoms with Crippen LogP contribution in [-0.4, -0.2) is 45.5 Å². The van der Waals surface area contributed by atoms with Gasteiger partial charge in [-0.1, -0.05) is 12.1 Å². The summed E-state index contributed by atoms with van der Waals surface area (Å²) < 4.78 is 60.5. The maximum absolute atomic E-state index is 12.7. The minimum Gasteiger partial charge on any atom is -0.329 e. The van der Waals surface area contributed by atoms with Gasteiger partial charge in [0.05, 0.1) is 11.3 Å². The second kappa shape index (κ2) is 6.76. The lowest BCUT2D eigenvalue weighted by molar-refractivity contribution is -0.137. The maximum Gasteiger partial charge on any atom is 0.416 e. The van der Waals surface area contributed by atoms with E-state index in [-0.39, 0.29) is 18.8 Å². The van der Waals surface area contributed by atoms with Gasteiger partial charge in [-0.05, 0) is 24.7 Å². The Hall–Kier alpha value is -1.12. The largest absolute Gasteiger partial charge is 0.416 e. The minimum atomic E-state index is -4.42. The molecule has 1 aromatic rings. The maximum atomic E-state index is 12.7. The van der Waals surface area contributed by atoms with E-state index in [0.717, 1.165) is 18.4 Å². The Bertz CT molecular complexity index is 573. The molecule has 1 unspecified atom stereocenters. The molecule has 0 fully saturated rings. The third-order valence-electron chi connectivity index (χ3n) is 3.17. The van der Waals surface area contributed by atoms with Crippen molar-refractivity contribution in [2.24, 2.45) is 5.73 Å². The molecule has 0 aliphatic rings. The Morgan fingerprint density at radius 3 is 2.43 bits per heavy atom. The first-order valence-electron chi connectivity index (χ1n) is 6.30. The summed E-state index contributed by atoms with van der Waals surface area (Å²) in [5.41, 5.74) is 5.31. The van der Waals surface area contributed by atoms with Crippen molar-refractivity contribution in [3.8, 4) is 0 Å². The van der Waals surface area contributed by atoms with Gasteiger partial charge in [-0.15, -0.1) is 0 Å². The van der Waals surface area contributed by atoms with Crippen molar-refractivity contribution >= 4 is 9.84 Å². The van der Waals surface area contributed by atoms with Crippen LogP contribution in [0.2, 0.25) is 0 Å². The first-order valence-corrected chi connectivity index (χ1v) is 8.36. The molecule has 1 atom stereocenters. The van der Waals surface area contributed by atoms with E-state index < -0.39 is 27.6 Å². The quantitative estimate of drug-likeness (QED) is 0.865. The molecule has 0 bridgehead atoms. The smallest absolute Gasteiger partial charge is 0.329 e. The Morgan fingerprint density at radius 1 is 1.33 bits per heavy atom. The zero-order valence-electron chi connectivity index (χ0n) is 11.9. The van der Waals surface area contributed by atoms with Crippen molar-refractivity contribution in [2.45, 2.75) is 12.2 Å². The summed E-state index contributed by atoms with van der Waals surface area (Å²) >= 11 is 0. The average Bonchev–Trinajstić information content (AvgIpc) is 2.36. The first kappa shape index (κ1) is 17.9. The lowest BCUT2D eigenvalue weighted by atomic mass is 10.0. The number of halogens is 3. The second-order valence-electron chi connectivity index (χ2n) is 4.99. The highest BCUT2D eigenvalue weighted by molar-refractivity contribution is 7.90. The van der Waals surface area contributed by atoms with Crippen molar-refractivity contribution < 1.29 is 21.6 Å². The van der Waals surface area contributed by atoms with E-state index in [1.807, 2.05) is 0 Å². The number of likely N-dealkylation sites (N-methyl/N-ethyl adjacent to an activating group) is 1. The molecule has 0 aliphatic carbocycles. The van der Waals surface area contributed by atoms with Crippen LogP contribution in [0.4, 0.5) is 13.2 Å². The highest BCUT2D eigenvalue weighted by atomic mass is 32.2. The fourth-order valence-corrected chi connectivity index (χ4v) is 2.58. The van der Waals surface area contributed by atoms with Gasteiger partial charge in [-0.25, -0.2) is 8.42 Å². The summed E-state index contributed by atoms with van der Waals surface area (Å²) in [4.78, 5) is 1.65. The number of alkyl halides is 3. The Morgan fingerprint density at radius 2 is 1.95 bits per heavy atom. The summed E-state index contributed by atoms with van der Waals surface area (Å²) in [6.45, 7) is 0.304. The molecule has 21 heavy (non-hydrogen) atoms. The lowest BCUT2D eigenvalue weighted by Crippen LogP contribution is -2.34. The van der Waals surface area contributed by atoms with E-state index in [2.05, 4.69) is 0 Å². The number of rotatable bonds is 6. The fraction of sp³-hybridized carbons (Fsp3) is 0.538. The van der Waals surface area contributed by atoms with Gasteiger partial charge in [-0.3, -0.25) is 4.90 Å². The molecule has 4 nitrogen and oxygen atoms in total. The summed E-state index contributed by atoms with van der Waals surface area (Å²) in [7, 11) is -1.50. The van der Waals surface area contributed by atoms with E-state index in [1.165, 1.54) is 6.07 Å². The number of sulfone groups is 1. The summed E-state index contributed by atoms with van der Waals surface area (Å²) in [5, 5.41) is 0. The van der Waals surface area contributed by atoms with Crippen LogP contribution in [0, 0.1) is 0 Å². The van der Waals surface area contributed by atoms with Gasteiger partial charge in [0, 0.05) is 25.4 Å². The van der Waals surface area contributed by atoms with Crippen molar-refractivity contribution in [1.29, 1.82) is 0 Å². The molecule has 1 rings (SSSR count). The summed E-state index contributed by atoms with van der Waals surface area (Å²) in [6.07, 6.45) is -3.30. The molecule has 0 amide bonds. The van der Waals surface area contributed by atoms with Gasteiger partial charge >= 0.3 is 6.18 Å². The SMILES string of the molecule is CN(CCS(C)(=O)=O)C(CN)c1cccc(C(F)(F)F)c1. The molecule has 0 heterocycles. The van der Waals surface area contributed by atoms with Crippen molar-refractivity contribution in [3.05, 3.63) is 35.4 Å². The van der Waals surface area contributed by atoms with Crippen molar-refractivity contribution in [2.75, 3.05) is 32.1 Å². The van der Waals surface area contributed by atoms with Gasteiger partial charge in [0.2, 0.25) is 0 Å². The molecule has 0 saturated heterocycles. The molecule has 1 aromatic carbocycles. The number of benzene rings is 1. The predicted molar refractivity (Wildman–Crippen MR) is 75.6 cm³/mol. The summed E-state index contributed by atoms with van der Waals surface area (Å²) in [6, 6.07) is 4.46. The molecule has 0 saturated carbocycles. The fourth-order valence-electron chi connectivity index (χ4n) is 1.96. The topological polar surface area (TPSA) is 63.4 Å². The van der Waals surface area contributed by atoms with Crippen LogP contribution in [-0.2, 0) is 16.0 Å². The van der Waals surface area contributed by atoms with E-state index in [4.69, 9.17) is 5.73 Å². The average molecular weight is 324 g/mol. The molecular weight excluding hydrogens is 305 g/mol. The van der Waals surface area contributed by atoms with Crippen LogP contribution in [0.15, 0.2) is 24.3 Å². The molecule has 0 spiro atoms. The molecule has 0 radical (unpaired) electrons. The van der Waals surface area contributed by atoms with Crippen LogP contribution in [0.5, 0.6) is 0 Å². The van der Waals surface area contributed by atoms with E-state index in [1.54, 1.807) is 18.0 Å². The Labute approximate surface area is 122 Å². The monoisotopic (exact) mass is 324 g/mol. The third kappa shape index (κ3) is 5.64. The Kier molecular flexibility index (Phi) is 5.77. The van der Waals surface area contributed by atoms with Gasteiger partial charge in [0.15, 0.2) is 0 Å². The molecule has 2 N–H and O–H groups in total. The van der Waals surface area contributed by atoms with Crippen LogP contribution in [0.3, 0.4) is 0 Å². The van der Waals surface area contributed by atoms with Crippen molar-refractivity contribution in [1.82, 2.24) is 4.90 Å². The van der Waals surface area contributed by atoms with E-state index in [9.17, 15) is 21.6 Å². The van der Waals surface area contributed by atoms with Crippen LogP contribution in [0.1, 0.15) is 17.2 Å². The molecule has 120 valence electrons. The van der Waals surface area contributed by atoms with Gasteiger partial charge in [0.25, 0.3) is 0 Å². The predicted octanol–water partition coefficient (Wildman–Crippen LogP) is 1.68. The van der Waals surface area contributed by atoms with Crippen LogP contribution < -0.4 is 5.73 Å². The highest BCUT2D eigenvalue weighted by Crippen LogP contribution is 2.31. The highest BCUT2D eigenvalue weighted by Gasteiger charge is 2.31. The number of nitrogens with two attached hydrogens (primary N) is 1. The third-order valence-corrected chi connectivity index (χ3v) is 4.09. The number of hydrogen-bond acceptors (Lipinski definition) is 4. The molecule has 8 heteroatoms.